The van der Waals surface area contributed by atoms with Gasteiger partial charge in [-0.15, -0.1) is 0 Å². The van der Waals surface area contributed by atoms with E-state index in [0.29, 0.717) is 30.5 Å². The predicted molar refractivity (Wildman–Crippen MR) is 134 cm³/mol. The predicted octanol–water partition coefficient (Wildman–Crippen LogP) is 3.05. The fourth-order valence-corrected chi connectivity index (χ4v) is 5.74. The van der Waals surface area contributed by atoms with Gasteiger partial charge in [0.2, 0.25) is 5.91 Å². The van der Waals surface area contributed by atoms with Crippen molar-refractivity contribution in [1.82, 2.24) is 20.4 Å². The topological polar surface area (TPSA) is 73.9 Å². The zero-order valence-electron chi connectivity index (χ0n) is 21.0. The highest BCUT2D eigenvalue weighted by atomic mass is 16.5. The molecule has 2 saturated heterocycles. The summed E-state index contributed by atoms with van der Waals surface area (Å²) in [6.45, 7) is 7.33. The fourth-order valence-electron chi connectivity index (χ4n) is 5.74. The summed E-state index contributed by atoms with van der Waals surface area (Å²) in [5.74, 6) is 0.654. The molecule has 0 aliphatic carbocycles. The molecule has 1 spiro atoms. The molecule has 1 atom stereocenters. The van der Waals surface area contributed by atoms with Gasteiger partial charge in [-0.3, -0.25) is 9.59 Å². The molecule has 188 valence electrons. The minimum absolute atomic E-state index is 0.0973. The highest BCUT2D eigenvalue weighted by Crippen LogP contribution is 2.38. The van der Waals surface area contributed by atoms with Crippen LogP contribution >= 0.6 is 0 Å². The summed E-state index contributed by atoms with van der Waals surface area (Å²) in [6, 6.07) is 7.87. The van der Waals surface area contributed by atoms with Crippen molar-refractivity contribution in [3.8, 4) is 5.75 Å². The number of carbonyl (C=O) groups is 2. The van der Waals surface area contributed by atoms with E-state index in [-0.39, 0.29) is 23.3 Å². The maximum absolute atomic E-state index is 13.6. The van der Waals surface area contributed by atoms with Crippen LogP contribution in [0.4, 0.5) is 0 Å². The molecular weight excluding hydrogens is 428 g/mol. The first-order chi connectivity index (χ1) is 16.5. The monoisotopic (exact) mass is 470 g/mol. The van der Waals surface area contributed by atoms with Crippen LogP contribution in [0.1, 0.15) is 68.6 Å². The van der Waals surface area contributed by atoms with Crippen LogP contribution in [0.3, 0.4) is 0 Å². The number of hydrogen-bond donors (Lipinski definition) is 2. The number of nitrogens with zero attached hydrogens (tertiary/aromatic N) is 2. The van der Waals surface area contributed by atoms with Gasteiger partial charge in [0.1, 0.15) is 12.4 Å². The van der Waals surface area contributed by atoms with Gasteiger partial charge in [0.25, 0.3) is 5.91 Å². The van der Waals surface area contributed by atoms with Crippen molar-refractivity contribution in [3.05, 3.63) is 29.8 Å². The third-order valence-corrected chi connectivity index (χ3v) is 8.06. The van der Waals surface area contributed by atoms with Crippen LogP contribution in [-0.4, -0.2) is 80.1 Å². The summed E-state index contributed by atoms with van der Waals surface area (Å²) < 4.78 is 5.99. The molecule has 2 fully saturated rings. The zero-order chi connectivity index (χ0) is 24.0. The highest BCUT2D eigenvalue weighted by Gasteiger charge is 2.42. The lowest BCUT2D eigenvalue weighted by Crippen LogP contribution is -2.54. The molecule has 2 N–H and O–H groups in total. The number of piperidine rings is 2. The van der Waals surface area contributed by atoms with Crippen molar-refractivity contribution in [2.75, 3.05) is 46.4 Å². The molecule has 7 nitrogen and oxygen atoms in total. The first-order valence-corrected chi connectivity index (χ1v) is 13.2. The second kappa shape index (κ2) is 11.5. The summed E-state index contributed by atoms with van der Waals surface area (Å²) in [7, 11) is 2.21. The van der Waals surface area contributed by atoms with Gasteiger partial charge in [0.05, 0.1) is 17.0 Å². The quantitative estimate of drug-likeness (QED) is 0.660. The second-order valence-corrected chi connectivity index (χ2v) is 10.6. The van der Waals surface area contributed by atoms with E-state index < -0.39 is 0 Å². The number of carbonyl (C=O) groups excluding carboxylic acids is 2. The SMILES string of the molecule is C[C@H]1COc2ccccc2C(=O)NCCCCCC2(CCN(C3CCN(C)CC3)CC2)C(=O)N1. The van der Waals surface area contributed by atoms with Gasteiger partial charge < -0.3 is 25.2 Å². The Morgan fingerprint density at radius 3 is 2.47 bits per heavy atom. The molecule has 0 saturated carbocycles. The number of amides is 2. The molecule has 2 amide bonds. The van der Waals surface area contributed by atoms with Crippen LogP contribution in [0.5, 0.6) is 5.75 Å². The number of benzene rings is 1. The molecule has 0 unspecified atom stereocenters. The lowest BCUT2D eigenvalue weighted by molar-refractivity contribution is -0.136. The van der Waals surface area contributed by atoms with Crippen LogP contribution < -0.4 is 15.4 Å². The van der Waals surface area contributed by atoms with Crippen LogP contribution in [-0.2, 0) is 4.79 Å². The maximum atomic E-state index is 13.6. The molecule has 3 heterocycles. The van der Waals surface area contributed by atoms with Crippen molar-refractivity contribution in [3.63, 3.8) is 0 Å². The molecule has 34 heavy (non-hydrogen) atoms. The molecule has 1 aromatic rings. The van der Waals surface area contributed by atoms with Gasteiger partial charge >= 0.3 is 0 Å². The minimum atomic E-state index is -0.294. The number of rotatable bonds is 1. The Kier molecular flexibility index (Phi) is 8.48. The van der Waals surface area contributed by atoms with Gasteiger partial charge in [-0.25, -0.2) is 0 Å². The van der Waals surface area contributed by atoms with E-state index in [9.17, 15) is 9.59 Å². The average Bonchev–Trinajstić information content (AvgIpc) is 2.85. The number of hydrogen-bond acceptors (Lipinski definition) is 5. The first-order valence-electron chi connectivity index (χ1n) is 13.2. The second-order valence-electron chi connectivity index (χ2n) is 10.6. The van der Waals surface area contributed by atoms with Gasteiger partial charge in [0.15, 0.2) is 0 Å². The van der Waals surface area contributed by atoms with E-state index in [2.05, 4.69) is 27.5 Å². The number of ether oxygens (including phenoxy) is 1. The van der Waals surface area contributed by atoms with Gasteiger partial charge in [-0.05, 0) is 90.8 Å². The molecule has 0 aromatic heterocycles. The summed E-state index contributed by atoms with van der Waals surface area (Å²) in [4.78, 5) is 31.3. The van der Waals surface area contributed by atoms with Crippen molar-refractivity contribution >= 4 is 11.8 Å². The summed E-state index contributed by atoms with van der Waals surface area (Å²) >= 11 is 0. The van der Waals surface area contributed by atoms with E-state index in [4.69, 9.17) is 4.74 Å². The summed E-state index contributed by atoms with van der Waals surface area (Å²) in [5.41, 5.74) is 0.256. The Balaban J connectivity index is 1.42. The molecule has 7 heteroatoms. The fraction of sp³-hybridized carbons (Fsp3) is 0.704. The maximum Gasteiger partial charge on any atom is 0.255 e. The zero-order valence-corrected chi connectivity index (χ0v) is 21.0. The van der Waals surface area contributed by atoms with Crippen LogP contribution in [0, 0.1) is 5.41 Å². The Labute approximate surface area is 204 Å². The number of fused-ring (bicyclic) bond motifs is 1. The number of nitrogens with one attached hydrogen (secondary N) is 2. The lowest BCUT2D eigenvalue weighted by Gasteiger charge is -2.45. The van der Waals surface area contributed by atoms with Crippen molar-refractivity contribution in [1.29, 1.82) is 0 Å². The van der Waals surface area contributed by atoms with Gasteiger partial charge in [-0.2, -0.15) is 0 Å². The van der Waals surface area contributed by atoms with E-state index >= 15 is 0 Å². The average molecular weight is 471 g/mol. The van der Waals surface area contributed by atoms with Crippen LogP contribution in [0.25, 0.3) is 0 Å². The van der Waals surface area contributed by atoms with Crippen molar-refractivity contribution in [2.24, 2.45) is 5.41 Å². The van der Waals surface area contributed by atoms with Crippen LogP contribution in [0.2, 0.25) is 0 Å². The van der Waals surface area contributed by atoms with Gasteiger partial charge in [0, 0.05) is 12.6 Å². The molecule has 3 aliphatic rings. The van der Waals surface area contributed by atoms with E-state index in [1.54, 1.807) is 6.07 Å². The van der Waals surface area contributed by atoms with Crippen molar-refractivity contribution < 1.29 is 14.3 Å². The third kappa shape index (κ3) is 6.11. The molecule has 4 rings (SSSR count). The Morgan fingerprint density at radius 1 is 0.971 bits per heavy atom. The Hall–Kier alpha value is -2.12. The molecule has 0 radical (unpaired) electrons. The van der Waals surface area contributed by atoms with Gasteiger partial charge in [-0.1, -0.05) is 25.0 Å². The van der Waals surface area contributed by atoms with Crippen LogP contribution in [0.15, 0.2) is 24.3 Å². The lowest BCUT2D eigenvalue weighted by atomic mass is 9.73. The molecule has 1 aromatic carbocycles. The largest absolute Gasteiger partial charge is 0.491 e. The minimum Gasteiger partial charge on any atom is -0.491 e. The number of para-hydroxylation sites is 1. The molecule has 3 aliphatic heterocycles. The normalized spacial score (nSPS) is 26.5. The third-order valence-electron chi connectivity index (χ3n) is 8.06. The summed E-state index contributed by atoms with van der Waals surface area (Å²) in [6.07, 6.45) is 8.19. The molecule has 0 bridgehead atoms. The van der Waals surface area contributed by atoms with E-state index in [0.717, 1.165) is 51.6 Å². The number of likely N-dealkylation sites (tertiary alicyclic amines) is 2. The Bertz CT molecular complexity index is 829. The van der Waals surface area contributed by atoms with E-state index in [1.807, 2.05) is 25.1 Å². The van der Waals surface area contributed by atoms with Crippen molar-refractivity contribution in [2.45, 2.75) is 70.4 Å². The first kappa shape index (κ1) is 25.0. The summed E-state index contributed by atoms with van der Waals surface area (Å²) in [5, 5.41) is 6.30. The standard InChI is InChI=1S/C27H42N4O3/c1-21-20-34-24-9-5-4-8-23(24)25(32)28-15-7-3-6-12-27(26(33)29-21)13-18-31(19-14-27)22-10-16-30(2)17-11-22/h4-5,8-9,21-22H,3,6-7,10-20H2,1-2H3,(H,28,32)(H,29,33)/t21-/m0/s1. The van der Waals surface area contributed by atoms with E-state index in [1.165, 1.54) is 25.9 Å². The highest BCUT2D eigenvalue weighted by molar-refractivity contribution is 5.96. The smallest absolute Gasteiger partial charge is 0.255 e. The molecular formula is C27H42N4O3. The Morgan fingerprint density at radius 2 is 1.71 bits per heavy atom.